The van der Waals surface area contributed by atoms with Crippen LogP contribution in [0.1, 0.15) is 32.1 Å². The van der Waals surface area contributed by atoms with E-state index in [9.17, 15) is 9.59 Å². The molecule has 1 fully saturated rings. The summed E-state index contributed by atoms with van der Waals surface area (Å²) in [5.74, 6) is -0.335. The van der Waals surface area contributed by atoms with Crippen LogP contribution in [0.4, 0.5) is 0 Å². The molecule has 23 heavy (non-hydrogen) atoms. The summed E-state index contributed by atoms with van der Waals surface area (Å²) in [5, 5.41) is 9.05. The largest absolute Gasteiger partial charge is 0.494 e. The number of carbonyl (C=O) groups is 2. The number of unbranched alkanes of at least 4 members (excludes halogenated alkanes) is 1. The second-order valence-corrected chi connectivity index (χ2v) is 6.69. The molecule has 1 aliphatic heterocycles. The van der Waals surface area contributed by atoms with Crippen molar-refractivity contribution in [1.82, 2.24) is 4.90 Å². The van der Waals surface area contributed by atoms with E-state index >= 15 is 0 Å². The Hall–Kier alpha value is -1.56. The number of carboxylic acid groups (broad SMARTS) is 1. The first-order valence-electron chi connectivity index (χ1n) is 7.95. The van der Waals surface area contributed by atoms with E-state index in [1.54, 1.807) is 4.90 Å². The van der Waals surface area contributed by atoms with E-state index in [0.29, 0.717) is 32.5 Å². The number of amides is 1. The van der Waals surface area contributed by atoms with Gasteiger partial charge >= 0.3 is 5.97 Å². The number of halogens is 1. The Morgan fingerprint density at radius 2 is 2.00 bits per heavy atom. The van der Waals surface area contributed by atoms with Gasteiger partial charge in [0.2, 0.25) is 5.91 Å². The highest BCUT2D eigenvalue weighted by Crippen LogP contribution is 2.18. The topological polar surface area (TPSA) is 66.8 Å². The summed E-state index contributed by atoms with van der Waals surface area (Å²) in [4.78, 5) is 24.8. The summed E-state index contributed by atoms with van der Waals surface area (Å²) in [6.07, 6.45) is 3.45. The van der Waals surface area contributed by atoms with E-state index in [-0.39, 0.29) is 5.91 Å². The van der Waals surface area contributed by atoms with E-state index < -0.39 is 11.9 Å². The molecule has 1 aliphatic rings. The minimum atomic E-state index is -0.801. The van der Waals surface area contributed by atoms with Crippen LogP contribution >= 0.6 is 15.9 Å². The number of rotatable bonds is 7. The van der Waals surface area contributed by atoms with Gasteiger partial charge in [-0.2, -0.15) is 0 Å². The minimum Gasteiger partial charge on any atom is -0.494 e. The molecule has 5 nitrogen and oxygen atoms in total. The van der Waals surface area contributed by atoms with Crippen molar-refractivity contribution in [3.05, 3.63) is 28.7 Å². The summed E-state index contributed by atoms with van der Waals surface area (Å²) < 4.78 is 6.62. The smallest absolute Gasteiger partial charge is 0.308 e. The number of carbonyl (C=O) groups excluding carboxylic acids is 1. The fraction of sp³-hybridized carbons (Fsp3) is 0.529. The third-order valence-electron chi connectivity index (χ3n) is 3.99. The molecule has 0 aliphatic carbocycles. The molecule has 1 N–H and O–H groups in total. The van der Waals surface area contributed by atoms with Crippen LogP contribution in [0.5, 0.6) is 5.75 Å². The van der Waals surface area contributed by atoms with Gasteiger partial charge in [0.15, 0.2) is 0 Å². The molecular formula is C17H22BrNO4. The number of piperidine rings is 1. The minimum absolute atomic E-state index is 0.0552. The van der Waals surface area contributed by atoms with E-state index in [2.05, 4.69) is 15.9 Å². The maximum Gasteiger partial charge on any atom is 0.308 e. The second kappa shape index (κ2) is 8.91. The first-order chi connectivity index (χ1) is 11.1. The van der Waals surface area contributed by atoms with E-state index in [1.807, 2.05) is 24.3 Å². The van der Waals surface area contributed by atoms with Gasteiger partial charge < -0.3 is 14.7 Å². The molecule has 0 radical (unpaired) electrons. The Morgan fingerprint density at radius 1 is 1.26 bits per heavy atom. The maximum absolute atomic E-state index is 12.1. The molecule has 0 spiro atoms. The number of hydrogen-bond donors (Lipinski definition) is 1. The van der Waals surface area contributed by atoms with Crippen molar-refractivity contribution in [2.45, 2.75) is 32.1 Å². The predicted octanol–water partition coefficient (Wildman–Crippen LogP) is 3.32. The fourth-order valence-corrected chi connectivity index (χ4v) is 2.93. The first kappa shape index (κ1) is 17.8. The van der Waals surface area contributed by atoms with E-state index in [4.69, 9.17) is 9.84 Å². The standard InChI is InChI=1S/C17H22BrNO4/c18-14-6-8-15(9-7-14)23-11-2-1-5-16(20)19-10-3-4-13(12-19)17(21)22/h6-9,13H,1-5,10-12H2,(H,21,22). The van der Waals surface area contributed by atoms with Gasteiger partial charge in [-0.3, -0.25) is 9.59 Å². The number of carboxylic acids is 1. The zero-order valence-corrected chi connectivity index (χ0v) is 14.6. The van der Waals surface area contributed by atoms with Crippen LogP contribution in [0, 0.1) is 5.92 Å². The van der Waals surface area contributed by atoms with E-state index in [1.165, 1.54) is 0 Å². The van der Waals surface area contributed by atoms with Crippen molar-refractivity contribution in [3.63, 3.8) is 0 Å². The number of hydrogen-bond acceptors (Lipinski definition) is 3. The van der Waals surface area contributed by atoms with Gasteiger partial charge in [-0.15, -0.1) is 0 Å². The molecule has 1 aromatic carbocycles. The molecule has 6 heteroatoms. The van der Waals surface area contributed by atoms with Crippen molar-refractivity contribution in [2.24, 2.45) is 5.92 Å². The number of nitrogens with zero attached hydrogens (tertiary/aromatic N) is 1. The van der Waals surface area contributed by atoms with Gasteiger partial charge in [0.25, 0.3) is 0 Å². The quantitative estimate of drug-likeness (QED) is 0.733. The summed E-state index contributed by atoms with van der Waals surface area (Å²) in [5.41, 5.74) is 0. The Bertz CT molecular complexity index is 532. The summed E-state index contributed by atoms with van der Waals surface area (Å²) in [6, 6.07) is 7.65. The van der Waals surface area contributed by atoms with Crippen molar-refractivity contribution >= 4 is 27.8 Å². The monoisotopic (exact) mass is 383 g/mol. The average molecular weight is 384 g/mol. The van der Waals surface area contributed by atoms with Crippen LogP contribution in [0.2, 0.25) is 0 Å². The lowest BCUT2D eigenvalue weighted by atomic mass is 9.98. The summed E-state index contributed by atoms with van der Waals surface area (Å²) >= 11 is 3.37. The highest BCUT2D eigenvalue weighted by molar-refractivity contribution is 9.10. The summed E-state index contributed by atoms with van der Waals surface area (Å²) in [7, 11) is 0. The molecule has 0 aromatic heterocycles. The molecule has 1 atom stereocenters. The molecule has 1 saturated heterocycles. The molecule has 0 bridgehead atoms. The number of benzene rings is 1. The van der Waals surface area contributed by atoms with Crippen LogP contribution in [-0.4, -0.2) is 41.6 Å². The molecular weight excluding hydrogens is 362 g/mol. The molecule has 1 amide bonds. The molecule has 2 rings (SSSR count). The number of aliphatic carboxylic acids is 1. The summed E-state index contributed by atoms with van der Waals surface area (Å²) in [6.45, 7) is 1.61. The lowest BCUT2D eigenvalue weighted by Gasteiger charge is -2.30. The molecule has 1 heterocycles. The van der Waals surface area contributed by atoms with Crippen LogP contribution in [0.3, 0.4) is 0 Å². The van der Waals surface area contributed by atoms with Crippen LogP contribution < -0.4 is 4.74 Å². The van der Waals surface area contributed by atoms with Crippen LogP contribution in [0.25, 0.3) is 0 Å². The van der Waals surface area contributed by atoms with Gasteiger partial charge in [0.1, 0.15) is 5.75 Å². The highest BCUT2D eigenvalue weighted by Gasteiger charge is 2.27. The average Bonchev–Trinajstić information content (AvgIpc) is 2.56. The Labute approximate surface area is 144 Å². The fourth-order valence-electron chi connectivity index (χ4n) is 2.66. The van der Waals surface area contributed by atoms with Gasteiger partial charge in [-0.1, -0.05) is 15.9 Å². The zero-order chi connectivity index (χ0) is 16.7. The normalized spacial score (nSPS) is 17.8. The zero-order valence-electron chi connectivity index (χ0n) is 13.0. The molecule has 0 saturated carbocycles. The number of likely N-dealkylation sites (tertiary alicyclic amines) is 1. The third kappa shape index (κ3) is 5.86. The lowest BCUT2D eigenvalue weighted by Crippen LogP contribution is -2.42. The predicted molar refractivity (Wildman–Crippen MR) is 90.4 cm³/mol. The van der Waals surface area contributed by atoms with Crippen molar-refractivity contribution < 1.29 is 19.4 Å². The van der Waals surface area contributed by atoms with Crippen molar-refractivity contribution in [3.8, 4) is 5.75 Å². The van der Waals surface area contributed by atoms with Crippen molar-refractivity contribution in [1.29, 1.82) is 0 Å². The van der Waals surface area contributed by atoms with Crippen LogP contribution in [0.15, 0.2) is 28.7 Å². The highest BCUT2D eigenvalue weighted by atomic mass is 79.9. The Morgan fingerprint density at radius 3 is 2.70 bits per heavy atom. The lowest BCUT2D eigenvalue weighted by molar-refractivity contribution is -0.145. The van der Waals surface area contributed by atoms with Gasteiger partial charge in [-0.25, -0.2) is 0 Å². The first-order valence-corrected chi connectivity index (χ1v) is 8.74. The Kier molecular flexibility index (Phi) is 6.89. The number of ether oxygens (including phenoxy) is 1. The van der Waals surface area contributed by atoms with E-state index in [0.717, 1.165) is 29.5 Å². The SMILES string of the molecule is O=C(O)C1CCCN(C(=O)CCCCOc2ccc(Br)cc2)C1. The van der Waals surface area contributed by atoms with Crippen LogP contribution in [-0.2, 0) is 9.59 Å². The molecule has 1 unspecified atom stereocenters. The van der Waals surface area contributed by atoms with Gasteiger partial charge in [0.05, 0.1) is 12.5 Å². The van der Waals surface area contributed by atoms with Crippen molar-refractivity contribution in [2.75, 3.05) is 19.7 Å². The Balaban J connectivity index is 1.62. The molecule has 1 aromatic rings. The van der Waals surface area contributed by atoms with Gasteiger partial charge in [-0.05, 0) is 49.9 Å². The van der Waals surface area contributed by atoms with Gasteiger partial charge in [0, 0.05) is 24.0 Å². The second-order valence-electron chi connectivity index (χ2n) is 5.78. The third-order valence-corrected chi connectivity index (χ3v) is 4.52. The maximum atomic E-state index is 12.1. The molecule has 126 valence electrons.